The average Bonchev–Trinajstić information content (AvgIpc) is 2.85. The molecule has 5 nitrogen and oxygen atoms in total. The second-order valence-corrected chi connectivity index (χ2v) is 8.25. The number of ether oxygens (including phenoxy) is 1. The molecule has 7 heteroatoms. The van der Waals surface area contributed by atoms with Crippen LogP contribution in [-0.2, 0) is 10.0 Å². The van der Waals surface area contributed by atoms with Crippen molar-refractivity contribution in [1.82, 2.24) is 4.72 Å². The Morgan fingerprint density at radius 3 is 2.81 bits per heavy atom. The molecule has 2 rings (SSSR count). The number of hydrogen-bond acceptors (Lipinski definition) is 5. The highest BCUT2D eigenvalue weighted by molar-refractivity contribution is 8.00. The Kier molecular flexibility index (Phi) is 5.40. The highest BCUT2D eigenvalue weighted by atomic mass is 32.2. The van der Waals surface area contributed by atoms with E-state index in [1.807, 2.05) is 11.8 Å². The fourth-order valence-corrected chi connectivity index (χ4v) is 5.34. The van der Waals surface area contributed by atoms with E-state index in [1.54, 1.807) is 6.07 Å². The molecule has 0 bridgehead atoms. The lowest BCUT2D eigenvalue weighted by Crippen LogP contribution is -2.39. The third-order valence-electron chi connectivity index (χ3n) is 3.65. The second kappa shape index (κ2) is 6.89. The van der Waals surface area contributed by atoms with E-state index in [4.69, 9.17) is 10.5 Å². The topological polar surface area (TPSA) is 81.4 Å². The van der Waals surface area contributed by atoms with Crippen molar-refractivity contribution in [3.63, 3.8) is 0 Å². The van der Waals surface area contributed by atoms with Gasteiger partial charge < -0.3 is 10.5 Å². The van der Waals surface area contributed by atoms with Gasteiger partial charge in [0.2, 0.25) is 10.0 Å². The molecule has 1 aliphatic carbocycles. The molecule has 118 valence electrons. The number of methoxy groups -OCH3 is 1. The molecule has 3 N–H and O–H groups in total. The molecule has 2 atom stereocenters. The standard InChI is InChI=1S/C14H22N2O3S2/c1-3-20-13-6-4-5-12(13)16-21(17,18)14-8-7-10(19-2)9-11(14)15/h7-9,12-13,16H,3-6,15H2,1-2H3. The van der Waals surface area contributed by atoms with Gasteiger partial charge in [0, 0.05) is 17.4 Å². The minimum Gasteiger partial charge on any atom is -0.497 e. The van der Waals surface area contributed by atoms with Crippen LogP contribution in [0.1, 0.15) is 26.2 Å². The molecular formula is C14H22N2O3S2. The summed E-state index contributed by atoms with van der Waals surface area (Å²) in [6.07, 6.45) is 3.00. The summed E-state index contributed by atoms with van der Waals surface area (Å²) in [7, 11) is -2.07. The molecule has 0 heterocycles. The van der Waals surface area contributed by atoms with Gasteiger partial charge in [0.25, 0.3) is 0 Å². The van der Waals surface area contributed by atoms with Gasteiger partial charge >= 0.3 is 0 Å². The number of thioether (sulfide) groups is 1. The minimum atomic E-state index is -3.59. The SMILES string of the molecule is CCSC1CCCC1NS(=O)(=O)c1ccc(OC)cc1N. The summed E-state index contributed by atoms with van der Waals surface area (Å²) in [4.78, 5) is 0.121. The van der Waals surface area contributed by atoms with Crippen molar-refractivity contribution in [1.29, 1.82) is 0 Å². The van der Waals surface area contributed by atoms with Gasteiger partial charge in [0.05, 0.1) is 12.8 Å². The van der Waals surface area contributed by atoms with Crippen LogP contribution in [0.4, 0.5) is 5.69 Å². The summed E-state index contributed by atoms with van der Waals surface area (Å²) in [5, 5.41) is 0.351. The Labute approximate surface area is 130 Å². The number of nitrogens with one attached hydrogen (secondary N) is 1. The van der Waals surface area contributed by atoms with Crippen molar-refractivity contribution in [3.05, 3.63) is 18.2 Å². The smallest absolute Gasteiger partial charge is 0.242 e. The first kappa shape index (κ1) is 16.5. The first-order chi connectivity index (χ1) is 9.97. The van der Waals surface area contributed by atoms with Crippen molar-refractivity contribution in [2.45, 2.75) is 42.4 Å². The zero-order valence-electron chi connectivity index (χ0n) is 12.3. The number of nitrogens with two attached hydrogens (primary N) is 1. The molecule has 21 heavy (non-hydrogen) atoms. The first-order valence-corrected chi connectivity index (χ1v) is 9.58. The zero-order chi connectivity index (χ0) is 15.5. The maximum absolute atomic E-state index is 12.5. The van der Waals surface area contributed by atoms with Crippen LogP contribution in [0.3, 0.4) is 0 Å². The molecule has 1 aromatic rings. The van der Waals surface area contributed by atoms with Gasteiger partial charge in [-0.25, -0.2) is 13.1 Å². The summed E-state index contributed by atoms with van der Waals surface area (Å²) in [6, 6.07) is 4.62. The normalized spacial score (nSPS) is 22.4. The van der Waals surface area contributed by atoms with Crippen LogP contribution < -0.4 is 15.2 Å². The lowest BCUT2D eigenvalue weighted by Gasteiger charge is -2.20. The Morgan fingerprint density at radius 1 is 1.43 bits per heavy atom. The number of hydrogen-bond donors (Lipinski definition) is 2. The van der Waals surface area contributed by atoms with Gasteiger partial charge in [-0.15, -0.1) is 0 Å². The van der Waals surface area contributed by atoms with Crippen LogP contribution in [0.5, 0.6) is 5.75 Å². The Morgan fingerprint density at radius 2 is 2.19 bits per heavy atom. The third kappa shape index (κ3) is 3.84. The molecule has 0 radical (unpaired) electrons. The fraction of sp³-hybridized carbons (Fsp3) is 0.571. The van der Waals surface area contributed by atoms with E-state index in [0.29, 0.717) is 11.0 Å². The lowest BCUT2D eigenvalue weighted by molar-refractivity contribution is 0.414. The summed E-state index contributed by atoms with van der Waals surface area (Å²) in [6.45, 7) is 2.09. The fourth-order valence-electron chi connectivity index (χ4n) is 2.64. The van der Waals surface area contributed by atoms with Gasteiger partial charge in [0.15, 0.2) is 0 Å². The van der Waals surface area contributed by atoms with Crippen molar-refractivity contribution in [3.8, 4) is 5.75 Å². The Bertz CT molecular complexity index is 590. The van der Waals surface area contributed by atoms with E-state index in [9.17, 15) is 8.42 Å². The molecule has 1 fully saturated rings. The molecule has 0 amide bonds. The monoisotopic (exact) mass is 330 g/mol. The van der Waals surface area contributed by atoms with Crippen molar-refractivity contribution in [2.75, 3.05) is 18.6 Å². The van der Waals surface area contributed by atoms with E-state index in [2.05, 4.69) is 11.6 Å². The Balaban J connectivity index is 2.18. The predicted molar refractivity (Wildman–Crippen MR) is 87.3 cm³/mol. The summed E-state index contributed by atoms with van der Waals surface area (Å²) < 4.78 is 32.9. The quantitative estimate of drug-likeness (QED) is 0.782. The molecule has 2 unspecified atom stereocenters. The number of rotatable bonds is 6. The molecular weight excluding hydrogens is 308 g/mol. The van der Waals surface area contributed by atoms with E-state index >= 15 is 0 Å². The lowest BCUT2D eigenvalue weighted by atomic mass is 10.3. The number of anilines is 1. The van der Waals surface area contributed by atoms with Crippen molar-refractivity contribution >= 4 is 27.5 Å². The first-order valence-electron chi connectivity index (χ1n) is 7.05. The zero-order valence-corrected chi connectivity index (χ0v) is 14.0. The highest BCUT2D eigenvalue weighted by Crippen LogP contribution is 2.32. The Hall–Kier alpha value is -0.920. The maximum atomic E-state index is 12.5. The van der Waals surface area contributed by atoms with E-state index < -0.39 is 10.0 Å². The van der Waals surface area contributed by atoms with Crippen LogP contribution in [0.2, 0.25) is 0 Å². The van der Waals surface area contributed by atoms with E-state index in [1.165, 1.54) is 19.2 Å². The highest BCUT2D eigenvalue weighted by Gasteiger charge is 2.31. The van der Waals surface area contributed by atoms with Gasteiger partial charge in [-0.3, -0.25) is 0 Å². The van der Waals surface area contributed by atoms with Crippen molar-refractivity contribution in [2.24, 2.45) is 0 Å². The van der Waals surface area contributed by atoms with E-state index in [0.717, 1.165) is 25.0 Å². The summed E-state index contributed by atoms with van der Waals surface area (Å²) >= 11 is 1.81. The minimum absolute atomic E-state index is 0.0125. The average molecular weight is 330 g/mol. The molecule has 1 aliphatic rings. The molecule has 1 aromatic carbocycles. The van der Waals surface area contributed by atoms with Crippen LogP contribution in [0, 0.1) is 0 Å². The van der Waals surface area contributed by atoms with Gasteiger partial charge in [-0.2, -0.15) is 11.8 Å². The van der Waals surface area contributed by atoms with E-state index in [-0.39, 0.29) is 16.6 Å². The predicted octanol–water partition coefficient (Wildman–Crippen LogP) is 2.23. The van der Waals surface area contributed by atoms with Crippen LogP contribution in [0.15, 0.2) is 23.1 Å². The molecule has 1 saturated carbocycles. The largest absolute Gasteiger partial charge is 0.497 e. The van der Waals surface area contributed by atoms with Gasteiger partial charge in [-0.05, 0) is 30.7 Å². The van der Waals surface area contributed by atoms with Gasteiger partial charge in [-0.1, -0.05) is 13.3 Å². The maximum Gasteiger partial charge on any atom is 0.242 e. The van der Waals surface area contributed by atoms with Crippen molar-refractivity contribution < 1.29 is 13.2 Å². The van der Waals surface area contributed by atoms with Crippen LogP contribution >= 0.6 is 11.8 Å². The molecule has 0 spiro atoms. The number of nitrogen functional groups attached to an aromatic ring is 1. The van der Waals surface area contributed by atoms with Crippen LogP contribution in [0.25, 0.3) is 0 Å². The molecule has 0 aliphatic heterocycles. The summed E-state index contributed by atoms with van der Waals surface area (Å²) in [5.74, 6) is 1.54. The molecule has 0 saturated heterocycles. The second-order valence-electron chi connectivity index (χ2n) is 5.06. The van der Waals surface area contributed by atoms with Gasteiger partial charge in [0.1, 0.15) is 10.6 Å². The van der Waals surface area contributed by atoms with Crippen LogP contribution in [-0.4, -0.2) is 32.6 Å². The number of benzene rings is 1. The molecule has 0 aromatic heterocycles. The number of sulfonamides is 1. The summed E-state index contributed by atoms with van der Waals surface area (Å²) in [5.41, 5.74) is 6.05. The third-order valence-corrected chi connectivity index (χ3v) is 6.54.